The minimum absolute atomic E-state index is 0.108. The van der Waals surface area contributed by atoms with E-state index in [1.165, 1.54) is 6.07 Å². The van der Waals surface area contributed by atoms with Gasteiger partial charge in [-0.05, 0) is 31.7 Å². The van der Waals surface area contributed by atoms with E-state index >= 15 is 0 Å². The molecule has 0 saturated carbocycles. The van der Waals surface area contributed by atoms with Gasteiger partial charge in [-0.1, -0.05) is 12.1 Å². The van der Waals surface area contributed by atoms with Gasteiger partial charge in [-0.15, -0.1) is 0 Å². The molecule has 0 radical (unpaired) electrons. The molecule has 1 N–H and O–H groups in total. The van der Waals surface area contributed by atoms with Crippen LogP contribution in [-0.4, -0.2) is 40.5 Å². The van der Waals surface area contributed by atoms with E-state index in [-0.39, 0.29) is 29.7 Å². The van der Waals surface area contributed by atoms with Crippen LogP contribution in [0.5, 0.6) is 0 Å². The minimum atomic E-state index is -0.496. The number of nitro groups is 1. The van der Waals surface area contributed by atoms with Crippen molar-refractivity contribution in [1.82, 2.24) is 4.90 Å². The van der Waals surface area contributed by atoms with E-state index in [2.05, 4.69) is 0 Å². The van der Waals surface area contributed by atoms with Gasteiger partial charge in [0.2, 0.25) is 0 Å². The summed E-state index contributed by atoms with van der Waals surface area (Å²) in [5, 5.41) is 20.1. The van der Waals surface area contributed by atoms with Crippen molar-refractivity contribution in [2.45, 2.75) is 19.8 Å². The van der Waals surface area contributed by atoms with Gasteiger partial charge in [0.15, 0.2) is 0 Å². The van der Waals surface area contributed by atoms with Crippen LogP contribution in [0.2, 0.25) is 0 Å². The first-order valence-corrected chi connectivity index (χ1v) is 6.68. The number of nitro benzene ring substituents is 1. The predicted octanol–water partition coefficient (Wildman–Crippen LogP) is 1.75. The predicted molar refractivity (Wildman–Crippen MR) is 73.5 cm³/mol. The van der Waals surface area contributed by atoms with E-state index < -0.39 is 4.92 Å². The van der Waals surface area contributed by atoms with Gasteiger partial charge in [0, 0.05) is 25.3 Å². The number of carbonyl (C=O) groups excluding carboxylic acids is 1. The summed E-state index contributed by atoms with van der Waals surface area (Å²) >= 11 is 0. The zero-order chi connectivity index (χ0) is 14.7. The summed E-state index contributed by atoms with van der Waals surface area (Å²) in [4.78, 5) is 24.7. The number of aliphatic hydroxyl groups is 1. The van der Waals surface area contributed by atoms with Gasteiger partial charge in [0.05, 0.1) is 4.92 Å². The highest BCUT2D eigenvalue weighted by Gasteiger charge is 2.31. The van der Waals surface area contributed by atoms with Crippen LogP contribution < -0.4 is 0 Å². The third-order valence-electron chi connectivity index (χ3n) is 3.76. The topological polar surface area (TPSA) is 83.7 Å². The van der Waals surface area contributed by atoms with Crippen molar-refractivity contribution in [1.29, 1.82) is 0 Å². The van der Waals surface area contributed by atoms with Crippen molar-refractivity contribution in [3.63, 3.8) is 0 Å². The maximum Gasteiger partial charge on any atom is 0.285 e. The molecular weight excluding hydrogens is 260 g/mol. The van der Waals surface area contributed by atoms with Crippen LogP contribution in [0.4, 0.5) is 5.69 Å². The number of nitrogens with zero attached hydrogens (tertiary/aromatic N) is 2. The Hall–Kier alpha value is -1.95. The van der Waals surface area contributed by atoms with Gasteiger partial charge < -0.3 is 10.0 Å². The quantitative estimate of drug-likeness (QED) is 0.671. The number of aliphatic hydroxyl groups excluding tert-OH is 1. The molecule has 6 heteroatoms. The van der Waals surface area contributed by atoms with E-state index in [0.29, 0.717) is 25.1 Å². The Morgan fingerprint density at radius 2 is 2.30 bits per heavy atom. The second kappa shape index (κ2) is 6.00. The van der Waals surface area contributed by atoms with E-state index in [9.17, 15) is 14.9 Å². The van der Waals surface area contributed by atoms with Crippen molar-refractivity contribution < 1.29 is 14.8 Å². The van der Waals surface area contributed by atoms with E-state index in [1.807, 2.05) is 0 Å². The molecule has 1 atom stereocenters. The smallest absolute Gasteiger partial charge is 0.285 e. The van der Waals surface area contributed by atoms with E-state index in [0.717, 1.165) is 6.42 Å². The number of hydrogen-bond donors (Lipinski definition) is 1. The second-order valence-corrected chi connectivity index (χ2v) is 5.15. The molecule has 1 aliphatic rings. The lowest BCUT2D eigenvalue weighted by Gasteiger charge is -2.16. The molecule has 6 nitrogen and oxygen atoms in total. The Balaban J connectivity index is 2.22. The summed E-state index contributed by atoms with van der Waals surface area (Å²) < 4.78 is 0. The van der Waals surface area contributed by atoms with Crippen LogP contribution in [-0.2, 0) is 0 Å². The number of amides is 1. The maximum atomic E-state index is 12.4. The molecule has 0 spiro atoms. The van der Waals surface area contributed by atoms with Gasteiger partial charge in [0.1, 0.15) is 5.56 Å². The first-order chi connectivity index (χ1) is 9.54. The van der Waals surface area contributed by atoms with Crippen LogP contribution in [0.1, 0.15) is 28.8 Å². The van der Waals surface area contributed by atoms with Gasteiger partial charge in [-0.3, -0.25) is 14.9 Å². The molecule has 1 heterocycles. The van der Waals surface area contributed by atoms with Crippen molar-refractivity contribution in [2.24, 2.45) is 5.92 Å². The molecule has 1 amide bonds. The molecule has 1 aromatic rings. The molecule has 1 unspecified atom stereocenters. The molecular formula is C14H18N2O4. The molecule has 1 aromatic carbocycles. The molecule has 1 fully saturated rings. The Morgan fingerprint density at radius 3 is 2.95 bits per heavy atom. The second-order valence-electron chi connectivity index (χ2n) is 5.15. The molecule has 108 valence electrons. The maximum absolute atomic E-state index is 12.4. The lowest BCUT2D eigenvalue weighted by atomic mass is 10.1. The van der Waals surface area contributed by atoms with Crippen molar-refractivity contribution in [3.8, 4) is 0 Å². The number of para-hydroxylation sites is 1. The Bertz CT molecular complexity index is 530. The Morgan fingerprint density at radius 1 is 1.55 bits per heavy atom. The standard InChI is InChI=1S/C14H18N2O4/c1-10-3-2-4-12(13(10)16(19)20)14(18)15-7-5-11(9-15)6-8-17/h2-4,11,17H,5-9H2,1H3. The molecule has 20 heavy (non-hydrogen) atoms. The summed E-state index contributed by atoms with van der Waals surface area (Å²) in [7, 11) is 0. The lowest BCUT2D eigenvalue weighted by molar-refractivity contribution is -0.385. The third-order valence-corrected chi connectivity index (χ3v) is 3.76. The number of rotatable bonds is 4. The van der Waals surface area contributed by atoms with Crippen LogP contribution in [0.15, 0.2) is 18.2 Å². The minimum Gasteiger partial charge on any atom is -0.396 e. The van der Waals surface area contributed by atoms with Gasteiger partial charge >= 0.3 is 0 Å². The van der Waals surface area contributed by atoms with Crippen molar-refractivity contribution >= 4 is 11.6 Å². The third kappa shape index (κ3) is 2.80. The summed E-state index contributed by atoms with van der Waals surface area (Å²) in [6, 6.07) is 4.80. The van der Waals surface area contributed by atoms with Crippen LogP contribution in [0, 0.1) is 23.0 Å². The molecule has 2 rings (SSSR count). The zero-order valence-electron chi connectivity index (χ0n) is 11.4. The highest BCUT2D eigenvalue weighted by atomic mass is 16.6. The van der Waals surface area contributed by atoms with Gasteiger partial charge in [0.25, 0.3) is 11.6 Å². The number of hydrogen-bond acceptors (Lipinski definition) is 4. The average molecular weight is 278 g/mol. The SMILES string of the molecule is Cc1cccc(C(=O)N2CCC(CCO)C2)c1[N+](=O)[O-]. The summed E-state index contributed by atoms with van der Waals surface area (Å²) in [6.45, 7) is 2.89. The fourth-order valence-corrected chi connectivity index (χ4v) is 2.68. The molecule has 0 aliphatic carbocycles. The Kier molecular flexibility index (Phi) is 4.34. The normalized spacial score (nSPS) is 18.3. The fourth-order valence-electron chi connectivity index (χ4n) is 2.68. The molecule has 1 aliphatic heterocycles. The Labute approximate surface area is 117 Å². The van der Waals surface area contributed by atoms with Crippen molar-refractivity contribution in [3.05, 3.63) is 39.4 Å². The first-order valence-electron chi connectivity index (χ1n) is 6.68. The fraction of sp³-hybridized carbons (Fsp3) is 0.500. The van der Waals surface area contributed by atoms with E-state index in [4.69, 9.17) is 5.11 Å². The van der Waals surface area contributed by atoms with Crippen LogP contribution in [0.25, 0.3) is 0 Å². The zero-order valence-corrected chi connectivity index (χ0v) is 11.4. The highest BCUT2D eigenvalue weighted by molar-refractivity contribution is 5.98. The molecule has 0 aromatic heterocycles. The molecule has 0 bridgehead atoms. The van der Waals surface area contributed by atoms with Gasteiger partial charge in [-0.25, -0.2) is 0 Å². The monoisotopic (exact) mass is 278 g/mol. The summed E-state index contributed by atoms with van der Waals surface area (Å²) in [6.07, 6.45) is 1.51. The summed E-state index contributed by atoms with van der Waals surface area (Å²) in [5.74, 6) is -0.00587. The molecule has 1 saturated heterocycles. The largest absolute Gasteiger partial charge is 0.396 e. The van der Waals surface area contributed by atoms with E-state index in [1.54, 1.807) is 24.0 Å². The van der Waals surface area contributed by atoms with Gasteiger partial charge in [-0.2, -0.15) is 0 Å². The average Bonchev–Trinajstić information content (AvgIpc) is 2.86. The number of likely N-dealkylation sites (tertiary alicyclic amines) is 1. The first kappa shape index (κ1) is 14.5. The number of benzene rings is 1. The van der Waals surface area contributed by atoms with Crippen molar-refractivity contribution in [2.75, 3.05) is 19.7 Å². The lowest BCUT2D eigenvalue weighted by Crippen LogP contribution is -2.29. The van der Waals surface area contributed by atoms with Crippen LogP contribution >= 0.6 is 0 Å². The van der Waals surface area contributed by atoms with Crippen LogP contribution in [0.3, 0.4) is 0 Å². The number of carbonyl (C=O) groups is 1. The summed E-state index contributed by atoms with van der Waals surface area (Å²) in [5.41, 5.74) is 0.537. The number of aryl methyl sites for hydroxylation is 1. The highest BCUT2D eigenvalue weighted by Crippen LogP contribution is 2.27.